The summed E-state index contributed by atoms with van der Waals surface area (Å²) in [5, 5.41) is 13.4. The predicted molar refractivity (Wildman–Crippen MR) is 261 cm³/mol. The first-order valence-corrected chi connectivity index (χ1v) is 27.4. The Balaban J connectivity index is 2.46. The van der Waals surface area contributed by atoms with Gasteiger partial charge in [0, 0.05) is 31.8 Å². The number of nitrogens with one attached hydrogen (secondary N) is 1. The number of aliphatic hydroxyl groups excluding tert-OH is 1. The van der Waals surface area contributed by atoms with Gasteiger partial charge in [-0.2, -0.15) is 0 Å². The fourth-order valence-electron chi connectivity index (χ4n) is 9.48. The van der Waals surface area contributed by atoms with Gasteiger partial charge in [-0.05, 0) is 70.8 Å². The van der Waals surface area contributed by atoms with Gasteiger partial charge < -0.3 is 24.8 Å². The van der Waals surface area contributed by atoms with Gasteiger partial charge in [-0.3, -0.25) is 9.59 Å². The van der Waals surface area contributed by atoms with Crippen LogP contribution in [0.5, 0.6) is 0 Å². The molecule has 7 heteroatoms. The third kappa shape index (κ3) is 34.8. The van der Waals surface area contributed by atoms with Crippen LogP contribution in [0.3, 0.4) is 0 Å². The van der Waals surface area contributed by atoms with E-state index in [-0.39, 0.29) is 30.4 Å². The topological polar surface area (TPSA) is 88.1 Å². The third-order valence-electron chi connectivity index (χ3n) is 13.5. The molecule has 0 aromatic heterocycles. The molecule has 0 aromatic carbocycles. The predicted octanol–water partition coefficient (Wildman–Crippen LogP) is 14.8. The molecule has 7 nitrogen and oxygen atoms in total. The number of nitrogens with zero attached hydrogens (tertiary/aromatic N) is 1. The molecule has 1 heterocycles. The van der Waals surface area contributed by atoms with Crippen molar-refractivity contribution in [1.82, 2.24) is 10.2 Å². The molecular formula is C54H106N2O5. The van der Waals surface area contributed by atoms with Gasteiger partial charge in [0.05, 0.1) is 25.0 Å². The summed E-state index contributed by atoms with van der Waals surface area (Å²) >= 11 is 0. The second-order valence-corrected chi connectivity index (χ2v) is 19.4. The number of carbonyl (C=O) groups excluding carboxylic acids is 2. The van der Waals surface area contributed by atoms with Crippen LogP contribution in [0.15, 0.2) is 0 Å². The number of carbonyl (C=O) groups is 2. The van der Waals surface area contributed by atoms with Gasteiger partial charge in [0.15, 0.2) is 0 Å². The smallest absolute Gasteiger partial charge is 0.308 e. The summed E-state index contributed by atoms with van der Waals surface area (Å²) in [4.78, 5) is 29.0. The molecule has 0 aliphatic carbocycles. The van der Waals surface area contributed by atoms with Crippen LogP contribution in [-0.4, -0.2) is 73.5 Å². The fourth-order valence-corrected chi connectivity index (χ4v) is 9.48. The van der Waals surface area contributed by atoms with Crippen LogP contribution in [0.2, 0.25) is 0 Å². The maximum absolute atomic E-state index is 13.2. The number of esters is 2. The molecule has 1 saturated heterocycles. The molecule has 0 bridgehead atoms. The quantitative estimate of drug-likeness (QED) is 0.0465. The Labute approximate surface area is 380 Å². The lowest BCUT2D eigenvalue weighted by atomic mass is 9.94. The van der Waals surface area contributed by atoms with E-state index >= 15 is 0 Å². The molecule has 0 spiro atoms. The molecule has 0 radical (unpaired) electrons. The van der Waals surface area contributed by atoms with Crippen molar-refractivity contribution in [3.8, 4) is 0 Å². The standard InChI is InChI=1S/C54H106N2O5/c1-5-9-13-17-21-27-37-49(38-28-22-18-14-10-6-2)53(58)60-45-35-25-31-41-51-47-56(43-33-34-44-57)48-52(55-51)42-32-26-36-46-61-54(59)50(39-29-23-19-15-11-7-3)40-30-24-20-16-12-8-4/h49-52,55,57H,5-48H2,1-4H3. The number of rotatable bonds is 46. The Hall–Kier alpha value is -1.18. The number of aliphatic hydroxyl groups is 1. The molecule has 1 fully saturated rings. The maximum Gasteiger partial charge on any atom is 0.308 e. The molecule has 2 atom stereocenters. The molecule has 1 aliphatic heterocycles. The molecule has 0 saturated carbocycles. The lowest BCUT2D eigenvalue weighted by molar-refractivity contribution is -0.150. The van der Waals surface area contributed by atoms with Crippen molar-refractivity contribution in [3.63, 3.8) is 0 Å². The molecule has 2 unspecified atom stereocenters. The Bertz CT molecular complexity index is 848. The average Bonchev–Trinajstić information content (AvgIpc) is 3.26. The highest BCUT2D eigenvalue weighted by Crippen LogP contribution is 2.23. The van der Waals surface area contributed by atoms with E-state index in [1.54, 1.807) is 0 Å². The van der Waals surface area contributed by atoms with Crippen molar-refractivity contribution in [2.45, 2.75) is 284 Å². The second-order valence-electron chi connectivity index (χ2n) is 19.4. The number of piperazine rings is 1. The van der Waals surface area contributed by atoms with Gasteiger partial charge in [-0.25, -0.2) is 0 Å². The van der Waals surface area contributed by atoms with Crippen molar-refractivity contribution in [3.05, 3.63) is 0 Å². The van der Waals surface area contributed by atoms with Gasteiger partial charge >= 0.3 is 11.9 Å². The molecule has 1 aliphatic rings. The summed E-state index contributed by atoms with van der Waals surface area (Å²) in [6, 6.07) is 0.955. The second kappa shape index (κ2) is 44.0. The molecule has 0 aromatic rings. The molecule has 1 rings (SSSR count). The lowest BCUT2D eigenvalue weighted by Gasteiger charge is -2.39. The third-order valence-corrected chi connectivity index (χ3v) is 13.5. The highest BCUT2D eigenvalue weighted by Gasteiger charge is 2.26. The number of hydrogen-bond acceptors (Lipinski definition) is 7. The van der Waals surface area contributed by atoms with Crippen molar-refractivity contribution < 1.29 is 24.2 Å². The summed E-state index contributed by atoms with van der Waals surface area (Å²) in [6.45, 7) is 13.6. The van der Waals surface area contributed by atoms with Gasteiger partial charge in [-0.1, -0.05) is 207 Å². The average molecular weight is 863 g/mol. The zero-order valence-electron chi connectivity index (χ0n) is 41.4. The monoisotopic (exact) mass is 863 g/mol. The molecule has 0 amide bonds. The van der Waals surface area contributed by atoms with E-state index < -0.39 is 0 Å². The summed E-state index contributed by atoms with van der Waals surface area (Å²) in [5.41, 5.74) is 0. The summed E-state index contributed by atoms with van der Waals surface area (Å²) in [7, 11) is 0. The minimum atomic E-state index is 0.0618. The van der Waals surface area contributed by atoms with E-state index in [1.807, 2.05) is 0 Å². The van der Waals surface area contributed by atoms with Crippen molar-refractivity contribution in [1.29, 1.82) is 0 Å². The first-order chi connectivity index (χ1) is 30.0. The Kier molecular flexibility index (Phi) is 41.8. The van der Waals surface area contributed by atoms with Crippen LogP contribution in [0.25, 0.3) is 0 Å². The zero-order valence-corrected chi connectivity index (χ0v) is 41.4. The molecule has 2 N–H and O–H groups in total. The van der Waals surface area contributed by atoms with E-state index in [1.165, 1.54) is 128 Å². The largest absolute Gasteiger partial charge is 0.465 e. The molecular weight excluding hydrogens is 757 g/mol. The van der Waals surface area contributed by atoms with Gasteiger partial charge in [0.2, 0.25) is 0 Å². The Morgan fingerprint density at radius 1 is 0.459 bits per heavy atom. The first-order valence-electron chi connectivity index (χ1n) is 27.4. The minimum absolute atomic E-state index is 0.0618. The van der Waals surface area contributed by atoms with Gasteiger partial charge in [0.25, 0.3) is 0 Å². The van der Waals surface area contributed by atoms with Crippen LogP contribution in [0, 0.1) is 11.8 Å². The van der Waals surface area contributed by atoms with E-state index in [0.717, 1.165) is 135 Å². The van der Waals surface area contributed by atoms with Crippen LogP contribution < -0.4 is 5.32 Å². The van der Waals surface area contributed by atoms with Crippen molar-refractivity contribution >= 4 is 11.9 Å². The van der Waals surface area contributed by atoms with Crippen LogP contribution in [0.4, 0.5) is 0 Å². The SMILES string of the molecule is CCCCCCCCC(CCCCCCCC)C(=O)OCCCCCC1CN(CCCCO)CC(CCCCCOC(=O)C(CCCCCCCC)CCCCCCCC)N1. The van der Waals surface area contributed by atoms with Crippen molar-refractivity contribution in [2.24, 2.45) is 11.8 Å². The highest BCUT2D eigenvalue weighted by molar-refractivity contribution is 5.72. The summed E-state index contributed by atoms with van der Waals surface area (Å²) in [5.74, 6) is 0.289. The summed E-state index contributed by atoms with van der Waals surface area (Å²) in [6.07, 6.45) is 45.0. The molecule has 362 valence electrons. The van der Waals surface area contributed by atoms with Gasteiger partial charge in [0.1, 0.15) is 0 Å². The van der Waals surface area contributed by atoms with E-state index in [0.29, 0.717) is 25.3 Å². The lowest BCUT2D eigenvalue weighted by Crippen LogP contribution is -2.56. The molecule has 61 heavy (non-hydrogen) atoms. The number of unbranched alkanes of at least 4 members (excludes halogenated alkanes) is 25. The Morgan fingerprint density at radius 3 is 1.13 bits per heavy atom. The normalized spacial score (nSPS) is 15.9. The maximum atomic E-state index is 13.2. The fraction of sp³-hybridized carbons (Fsp3) is 0.963. The first kappa shape index (κ1) is 57.8. The number of ether oxygens (including phenoxy) is 2. The summed E-state index contributed by atoms with van der Waals surface area (Å²) < 4.78 is 11.8. The van der Waals surface area contributed by atoms with Crippen molar-refractivity contribution in [2.75, 3.05) is 39.5 Å². The Morgan fingerprint density at radius 2 is 0.787 bits per heavy atom. The van der Waals surface area contributed by atoms with E-state index in [4.69, 9.17) is 9.47 Å². The minimum Gasteiger partial charge on any atom is -0.465 e. The zero-order chi connectivity index (χ0) is 44.3. The van der Waals surface area contributed by atoms with E-state index in [2.05, 4.69) is 37.9 Å². The number of hydrogen-bond donors (Lipinski definition) is 2. The van der Waals surface area contributed by atoms with Crippen LogP contribution >= 0.6 is 0 Å². The van der Waals surface area contributed by atoms with E-state index in [9.17, 15) is 14.7 Å². The van der Waals surface area contributed by atoms with Gasteiger partial charge in [-0.15, -0.1) is 0 Å². The van der Waals surface area contributed by atoms with Crippen LogP contribution in [-0.2, 0) is 19.1 Å². The highest BCUT2D eigenvalue weighted by atomic mass is 16.5. The van der Waals surface area contributed by atoms with Crippen LogP contribution in [0.1, 0.15) is 272 Å².